The highest BCUT2D eigenvalue weighted by Crippen LogP contribution is 2.63. The van der Waals surface area contributed by atoms with Crippen molar-refractivity contribution < 1.29 is 28.1 Å². The summed E-state index contributed by atoms with van der Waals surface area (Å²) in [7, 11) is -1.01. The molecule has 8 heteroatoms. The first-order chi connectivity index (χ1) is 29.1. The van der Waals surface area contributed by atoms with Gasteiger partial charge in [-0.2, -0.15) is 0 Å². The molecule has 2 heterocycles. The molecule has 324 valence electrons. The van der Waals surface area contributed by atoms with E-state index in [4.69, 9.17) is 28.1 Å². The first-order valence-corrected chi connectivity index (χ1v) is 23.7. The molecule has 2 fully saturated rings. The number of benzene rings is 4. The lowest BCUT2D eigenvalue weighted by Crippen LogP contribution is -2.41. The van der Waals surface area contributed by atoms with Gasteiger partial charge >= 0.3 is 14.2 Å². The molecule has 6 nitrogen and oxygen atoms in total. The van der Waals surface area contributed by atoms with Gasteiger partial charge in [0.25, 0.3) is 0 Å². The number of hydrogen-bond acceptors (Lipinski definition) is 6. The van der Waals surface area contributed by atoms with Crippen LogP contribution < -0.4 is 20.4 Å². The summed E-state index contributed by atoms with van der Waals surface area (Å²) in [6.45, 7) is 22.9. The first-order valence-electron chi connectivity index (χ1n) is 23.7. The van der Waals surface area contributed by atoms with Gasteiger partial charge in [-0.25, -0.2) is 0 Å². The quantitative estimate of drug-likeness (QED) is 0.0636. The van der Waals surface area contributed by atoms with E-state index in [1.807, 2.05) is 0 Å². The van der Waals surface area contributed by atoms with Crippen LogP contribution in [-0.2, 0) is 24.0 Å². The Kier molecular flexibility index (Phi) is 12.4. The predicted octanol–water partition coefficient (Wildman–Crippen LogP) is 12.1. The molecule has 0 unspecified atom stereocenters. The zero-order valence-corrected chi connectivity index (χ0v) is 38.9. The summed E-state index contributed by atoms with van der Waals surface area (Å²) in [4.78, 5) is 0. The van der Waals surface area contributed by atoms with Gasteiger partial charge in [0.2, 0.25) is 0 Å². The fourth-order valence-corrected chi connectivity index (χ4v) is 9.80. The molecule has 0 N–H and O–H groups in total. The minimum absolute atomic E-state index is 0.466. The molecule has 4 aromatic rings. The van der Waals surface area contributed by atoms with E-state index < -0.39 is 42.1 Å². The van der Waals surface area contributed by atoms with Gasteiger partial charge in [-0.05, 0) is 148 Å². The zero-order chi connectivity index (χ0) is 43.2. The van der Waals surface area contributed by atoms with Crippen molar-refractivity contribution >= 4 is 25.2 Å². The lowest BCUT2D eigenvalue weighted by atomic mass is 9.67. The van der Waals surface area contributed by atoms with Crippen molar-refractivity contribution in [2.45, 2.75) is 174 Å². The maximum atomic E-state index is 6.72. The molecule has 8 rings (SSSR count). The van der Waals surface area contributed by atoms with Crippen LogP contribution >= 0.6 is 0 Å². The Morgan fingerprint density at radius 3 is 1.07 bits per heavy atom. The molecule has 0 aromatic heterocycles. The standard InChI is InChI=1S/C53H70B2O6/c1-11-13-15-17-19-21-31-56-39-25-29-43-44-30-26-40(57-32-22-20-18-16-14-12-2)36-48(44)53(47(43)35-39)45-33-37(54-58-49(3,4)50(5,6)59-54)23-27-41(45)42-28-24-38(34-46(42)53)55-60-51(7,8)52(9,10)61-55/h23-30,33-36H,11-22,31-32H2,1-10H3. The average molecular weight is 825 g/mol. The van der Waals surface area contributed by atoms with Crippen molar-refractivity contribution in [2.75, 3.05) is 13.2 Å². The third-order valence-corrected chi connectivity index (χ3v) is 14.8. The van der Waals surface area contributed by atoms with Crippen molar-refractivity contribution in [2.24, 2.45) is 0 Å². The van der Waals surface area contributed by atoms with Crippen LogP contribution in [0.2, 0.25) is 0 Å². The van der Waals surface area contributed by atoms with Gasteiger partial charge in [-0.15, -0.1) is 0 Å². The highest BCUT2D eigenvalue weighted by Gasteiger charge is 2.56. The summed E-state index contributed by atoms with van der Waals surface area (Å²) >= 11 is 0. The molecule has 1 spiro atoms. The van der Waals surface area contributed by atoms with Crippen molar-refractivity contribution in [3.05, 3.63) is 95.1 Å². The van der Waals surface area contributed by atoms with Crippen molar-refractivity contribution in [1.82, 2.24) is 0 Å². The molecular formula is C53H70B2O6. The Morgan fingerprint density at radius 2 is 0.705 bits per heavy atom. The van der Waals surface area contributed by atoms with E-state index in [0.717, 1.165) is 35.3 Å². The Labute approximate surface area is 368 Å². The third kappa shape index (κ3) is 8.02. The van der Waals surface area contributed by atoms with Crippen LogP contribution in [0, 0.1) is 0 Å². The number of fused-ring (bicyclic) bond motifs is 10. The van der Waals surface area contributed by atoms with E-state index >= 15 is 0 Å². The van der Waals surface area contributed by atoms with Crippen molar-refractivity contribution in [1.29, 1.82) is 0 Å². The van der Waals surface area contributed by atoms with Crippen LogP contribution in [0.15, 0.2) is 72.8 Å². The summed E-state index contributed by atoms with van der Waals surface area (Å²) in [5.41, 5.74) is 9.15. The maximum Gasteiger partial charge on any atom is 0.494 e. The van der Waals surface area contributed by atoms with Crippen LogP contribution in [0.4, 0.5) is 0 Å². The van der Waals surface area contributed by atoms with Crippen molar-refractivity contribution in [3.63, 3.8) is 0 Å². The molecule has 4 aromatic carbocycles. The third-order valence-electron chi connectivity index (χ3n) is 14.8. The fraction of sp³-hybridized carbons (Fsp3) is 0.547. The maximum absolute atomic E-state index is 6.72. The fourth-order valence-electron chi connectivity index (χ4n) is 9.80. The van der Waals surface area contributed by atoms with Crippen LogP contribution in [-0.4, -0.2) is 49.9 Å². The SMILES string of the molecule is CCCCCCCCOc1ccc2c(c1)C1(c3cc(OCCCCCCCC)ccc3-2)c2cc(B3OC(C)(C)C(C)(C)O3)ccc2-c2ccc(B3OC(C)(C)C(C)(C)O3)cc21. The summed E-state index contributed by atoms with van der Waals surface area (Å²) < 4.78 is 40.1. The number of ether oxygens (including phenoxy) is 2. The van der Waals surface area contributed by atoms with E-state index in [1.54, 1.807) is 0 Å². The van der Waals surface area contributed by atoms with E-state index in [0.29, 0.717) is 13.2 Å². The zero-order valence-electron chi connectivity index (χ0n) is 38.9. The Morgan fingerprint density at radius 1 is 0.393 bits per heavy atom. The number of hydrogen-bond donors (Lipinski definition) is 0. The van der Waals surface area contributed by atoms with Crippen LogP contribution in [0.25, 0.3) is 22.3 Å². The molecule has 0 amide bonds. The average Bonchev–Trinajstić information content (AvgIpc) is 3.84. The van der Waals surface area contributed by atoms with Crippen LogP contribution in [0.3, 0.4) is 0 Å². The van der Waals surface area contributed by atoms with Gasteiger partial charge in [0.05, 0.1) is 41.0 Å². The summed E-state index contributed by atoms with van der Waals surface area (Å²) in [6, 6.07) is 27.2. The minimum atomic E-state index is -0.687. The van der Waals surface area contributed by atoms with E-state index in [2.05, 4.69) is 142 Å². The Bertz CT molecular complexity index is 2020. The molecule has 2 aliphatic carbocycles. The summed E-state index contributed by atoms with van der Waals surface area (Å²) in [5.74, 6) is 1.80. The monoisotopic (exact) mass is 825 g/mol. The van der Waals surface area contributed by atoms with Gasteiger partial charge in [-0.3, -0.25) is 0 Å². The molecule has 2 saturated heterocycles. The highest BCUT2D eigenvalue weighted by molar-refractivity contribution is 6.62. The van der Waals surface area contributed by atoms with Gasteiger partial charge in [-0.1, -0.05) is 127 Å². The second-order valence-corrected chi connectivity index (χ2v) is 20.2. The topological polar surface area (TPSA) is 55.4 Å². The summed E-state index contributed by atoms with van der Waals surface area (Å²) in [6.07, 6.45) is 14.7. The highest BCUT2D eigenvalue weighted by atomic mass is 16.7. The number of rotatable bonds is 18. The minimum Gasteiger partial charge on any atom is -0.494 e. The molecule has 0 saturated carbocycles. The second kappa shape index (κ2) is 17.2. The van der Waals surface area contributed by atoms with Crippen LogP contribution in [0.1, 0.15) is 169 Å². The van der Waals surface area contributed by atoms with Gasteiger partial charge in [0.1, 0.15) is 11.5 Å². The molecule has 61 heavy (non-hydrogen) atoms. The lowest BCUT2D eigenvalue weighted by molar-refractivity contribution is 0.00578. The smallest absolute Gasteiger partial charge is 0.494 e. The van der Waals surface area contributed by atoms with E-state index in [1.165, 1.54) is 109 Å². The summed E-state index contributed by atoms with van der Waals surface area (Å²) in [5, 5.41) is 0. The predicted molar refractivity (Wildman–Crippen MR) is 252 cm³/mol. The first kappa shape index (κ1) is 44.1. The van der Waals surface area contributed by atoms with Crippen molar-refractivity contribution in [3.8, 4) is 33.8 Å². The van der Waals surface area contributed by atoms with Crippen LogP contribution in [0.5, 0.6) is 11.5 Å². The van der Waals surface area contributed by atoms with E-state index in [-0.39, 0.29) is 0 Å². The molecule has 0 bridgehead atoms. The second-order valence-electron chi connectivity index (χ2n) is 20.2. The Balaban J connectivity index is 1.26. The lowest BCUT2D eigenvalue weighted by Gasteiger charge is -2.32. The van der Waals surface area contributed by atoms with E-state index in [9.17, 15) is 0 Å². The molecular weight excluding hydrogens is 754 g/mol. The van der Waals surface area contributed by atoms with Gasteiger partial charge in [0.15, 0.2) is 0 Å². The Hall–Kier alpha value is -3.55. The normalized spacial score (nSPS) is 19.2. The molecule has 0 atom stereocenters. The molecule has 4 aliphatic rings. The van der Waals surface area contributed by atoms with Gasteiger partial charge < -0.3 is 28.1 Å². The molecule has 0 radical (unpaired) electrons. The number of unbranched alkanes of at least 4 members (excludes halogenated alkanes) is 10. The molecule has 2 aliphatic heterocycles. The van der Waals surface area contributed by atoms with Gasteiger partial charge in [0, 0.05) is 0 Å². The largest absolute Gasteiger partial charge is 0.494 e.